The van der Waals surface area contributed by atoms with Crippen LogP contribution in [0.3, 0.4) is 0 Å². The number of likely N-dealkylation sites (tertiary alicyclic amines) is 1. The number of ether oxygens (including phenoxy) is 1. The van der Waals surface area contributed by atoms with Crippen molar-refractivity contribution in [3.8, 4) is 5.75 Å². The first-order valence-corrected chi connectivity index (χ1v) is 8.11. The van der Waals surface area contributed by atoms with E-state index < -0.39 is 0 Å². The fourth-order valence-electron chi connectivity index (χ4n) is 3.59. The minimum atomic E-state index is 0.481. The lowest BCUT2D eigenvalue weighted by Crippen LogP contribution is -2.40. The van der Waals surface area contributed by atoms with Crippen LogP contribution in [0.25, 0.3) is 0 Å². The molecule has 3 heteroatoms. The molecule has 0 aromatic heterocycles. The fourth-order valence-corrected chi connectivity index (χ4v) is 3.59. The average Bonchev–Trinajstić information content (AvgIpc) is 2.50. The molecule has 0 amide bonds. The largest absolute Gasteiger partial charge is 0.496 e. The number of hydrogen-bond donors (Lipinski definition) is 1. The molecule has 118 valence electrons. The highest BCUT2D eigenvalue weighted by Crippen LogP contribution is 2.32. The van der Waals surface area contributed by atoms with Gasteiger partial charge in [0.1, 0.15) is 5.75 Å². The standard InChI is InChI=1S/C18H30N2O/c1-13-14(2)18(21-5)9-8-17(13)15(3)20-10-6-7-16(12-20)11-19-4/h8-9,15-16,19H,6-7,10-12H2,1-5H3. The summed E-state index contributed by atoms with van der Waals surface area (Å²) in [6.45, 7) is 10.3. The summed E-state index contributed by atoms with van der Waals surface area (Å²) in [6.07, 6.45) is 2.66. The van der Waals surface area contributed by atoms with Gasteiger partial charge >= 0.3 is 0 Å². The quantitative estimate of drug-likeness (QED) is 0.900. The van der Waals surface area contributed by atoms with Crippen molar-refractivity contribution in [2.24, 2.45) is 5.92 Å². The van der Waals surface area contributed by atoms with E-state index >= 15 is 0 Å². The number of rotatable bonds is 5. The van der Waals surface area contributed by atoms with Gasteiger partial charge in [0, 0.05) is 12.6 Å². The zero-order valence-corrected chi connectivity index (χ0v) is 14.2. The molecule has 2 unspecified atom stereocenters. The van der Waals surface area contributed by atoms with Crippen molar-refractivity contribution in [1.29, 1.82) is 0 Å². The third kappa shape index (κ3) is 3.58. The number of nitrogens with zero attached hydrogens (tertiary/aromatic N) is 1. The molecule has 2 atom stereocenters. The average molecular weight is 290 g/mol. The molecule has 3 nitrogen and oxygen atoms in total. The van der Waals surface area contributed by atoms with Gasteiger partial charge in [-0.15, -0.1) is 0 Å². The number of nitrogens with one attached hydrogen (secondary N) is 1. The third-order valence-corrected chi connectivity index (χ3v) is 5.04. The van der Waals surface area contributed by atoms with Crippen LogP contribution in [0.15, 0.2) is 12.1 Å². The lowest BCUT2D eigenvalue weighted by atomic mass is 9.92. The molecule has 0 bridgehead atoms. The first kappa shape index (κ1) is 16.3. The Morgan fingerprint density at radius 1 is 1.33 bits per heavy atom. The van der Waals surface area contributed by atoms with E-state index in [4.69, 9.17) is 4.74 Å². The lowest BCUT2D eigenvalue weighted by Gasteiger charge is -2.37. The van der Waals surface area contributed by atoms with Crippen LogP contribution in [0.4, 0.5) is 0 Å². The Morgan fingerprint density at radius 3 is 2.76 bits per heavy atom. The number of hydrogen-bond acceptors (Lipinski definition) is 3. The van der Waals surface area contributed by atoms with Crippen molar-refractivity contribution < 1.29 is 4.74 Å². The highest BCUT2D eigenvalue weighted by atomic mass is 16.5. The Labute approximate surface area is 129 Å². The van der Waals surface area contributed by atoms with Gasteiger partial charge in [-0.3, -0.25) is 4.90 Å². The van der Waals surface area contributed by atoms with Crippen molar-refractivity contribution in [3.63, 3.8) is 0 Å². The molecule has 1 aliphatic rings. The predicted octanol–water partition coefficient (Wildman–Crippen LogP) is 3.30. The molecule has 1 N–H and O–H groups in total. The Hall–Kier alpha value is -1.06. The molecule has 0 saturated carbocycles. The van der Waals surface area contributed by atoms with Gasteiger partial charge in [-0.2, -0.15) is 0 Å². The SMILES string of the molecule is CNCC1CCCN(C(C)c2ccc(OC)c(C)c2C)C1. The number of methoxy groups -OCH3 is 1. The molecule has 1 aromatic rings. The minimum absolute atomic E-state index is 0.481. The van der Waals surface area contributed by atoms with Crippen molar-refractivity contribution in [2.45, 2.75) is 39.7 Å². The van der Waals surface area contributed by atoms with E-state index in [1.165, 1.54) is 42.6 Å². The lowest BCUT2D eigenvalue weighted by molar-refractivity contribution is 0.131. The summed E-state index contributed by atoms with van der Waals surface area (Å²) in [5, 5.41) is 3.33. The number of benzene rings is 1. The second-order valence-electron chi connectivity index (χ2n) is 6.34. The molecular weight excluding hydrogens is 260 g/mol. The summed E-state index contributed by atoms with van der Waals surface area (Å²) in [4.78, 5) is 2.64. The van der Waals surface area contributed by atoms with Gasteiger partial charge in [0.2, 0.25) is 0 Å². The highest BCUT2D eigenvalue weighted by molar-refractivity contribution is 5.44. The van der Waals surface area contributed by atoms with E-state index in [1.54, 1.807) is 7.11 Å². The summed E-state index contributed by atoms with van der Waals surface area (Å²) in [6, 6.07) is 4.84. The first-order chi connectivity index (χ1) is 10.1. The Balaban J connectivity index is 2.16. The van der Waals surface area contributed by atoms with Crippen LogP contribution >= 0.6 is 0 Å². The van der Waals surface area contributed by atoms with Crippen LogP contribution in [0.5, 0.6) is 5.75 Å². The summed E-state index contributed by atoms with van der Waals surface area (Å²) in [5.41, 5.74) is 4.08. The normalized spacial score (nSPS) is 21.3. The van der Waals surface area contributed by atoms with Gasteiger partial charge < -0.3 is 10.1 Å². The van der Waals surface area contributed by atoms with E-state index in [0.29, 0.717) is 6.04 Å². The van der Waals surface area contributed by atoms with Crippen molar-refractivity contribution in [3.05, 3.63) is 28.8 Å². The van der Waals surface area contributed by atoms with Gasteiger partial charge in [-0.1, -0.05) is 6.07 Å². The smallest absolute Gasteiger partial charge is 0.122 e. The van der Waals surface area contributed by atoms with Crippen molar-refractivity contribution in [2.75, 3.05) is 33.8 Å². The van der Waals surface area contributed by atoms with Gasteiger partial charge in [-0.05, 0) is 82.4 Å². The van der Waals surface area contributed by atoms with Gasteiger partial charge in [0.25, 0.3) is 0 Å². The van der Waals surface area contributed by atoms with Crippen LogP contribution in [0.1, 0.15) is 42.5 Å². The van der Waals surface area contributed by atoms with Gasteiger partial charge in [0.15, 0.2) is 0 Å². The maximum absolute atomic E-state index is 5.43. The molecule has 1 saturated heterocycles. The second kappa shape index (κ2) is 7.28. The number of piperidine rings is 1. The molecule has 1 aliphatic heterocycles. The maximum atomic E-state index is 5.43. The second-order valence-corrected chi connectivity index (χ2v) is 6.34. The molecule has 0 spiro atoms. The van der Waals surface area contributed by atoms with Crippen molar-refractivity contribution in [1.82, 2.24) is 10.2 Å². The van der Waals surface area contributed by atoms with Crippen LogP contribution in [0, 0.1) is 19.8 Å². The molecule has 21 heavy (non-hydrogen) atoms. The van der Waals surface area contributed by atoms with E-state index in [-0.39, 0.29) is 0 Å². The monoisotopic (exact) mass is 290 g/mol. The van der Waals surface area contributed by atoms with Gasteiger partial charge in [-0.25, -0.2) is 0 Å². The first-order valence-electron chi connectivity index (χ1n) is 8.11. The summed E-state index contributed by atoms with van der Waals surface area (Å²) in [7, 11) is 3.80. The topological polar surface area (TPSA) is 24.5 Å². The van der Waals surface area contributed by atoms with Crippen LogP contribution < -0.4 is 10.1 Å². The predicted molar refractivity (Wildman–Crippen MR) is 89.1 cm³/mol. The van der Waals surface area contributed by atoms with E-state index in [0.717, 1.165) is 18.2 Å². The molecule has 1 fully saturated rings. The third-order valence-electron chi connectivity index (χ3n) is 5.04. The molecule has 0 radical (unpaired) electrons. The summed E-state index contributed by atoms with van der Waals surface area (Å²) in [5.74, 6) is 1.78. The Kier molecular flexibility index (Phi) is 5.65. The molecule has 1 heterocycles. The Morgan fingerprint density at radius 2 is 2.10 bits per heavy atom. The molecule has 2 rings (SSSR count). The minimum Gasteiger partial charge on any atom is -0.496 e. The van der Waals surface area contributed by atoms with Crippen LogP contribution in [-0.2, 0) is 0 Å². The van der Waals surface area contributed by atoms with E-state index in [1.807, 2.05) is 0 Å². The van der Waals surface area contributed by atoms with E-state index in [9.17, 15) is 0 Å². The fraction of sp³-hybridized carbons (Fsp3) is 0.667. The zero-order chi connectivity index (χ0) is 15.4. The van der Waals surface area contributed by atoms with Crippen molar-refractivity contribution >= 4 is 0 Å². The zero-order valence-electron chi connectivity index (χ0n) is 14.2. The van der Waals surface area contributed by atoms with E-state index in [2.05, 4.69) is 50.2 Å². The van der Waals surface area contributed by atoms with Crippen LogP contribution in [-0.4, -0.2) is 38.7 Å². The molecule has 1 aromatic carbocycles. The maximum Gasteiger partial charge on any atom is 0.122 e. The summed E-state index contributed by atoms with van der Waals surface area (Å²) < 4.78 is 5.43. The summed E-state index contributed by atoms with van der Waals surface area (Å²) >= 11 is 0. The van der Waals surface area contributed by atoms with Gasteiger partial charge in [0.05, 0.1) is 7.11 Å². The molecular formula is C18H30N2O. The highest BCUT2D eigenvalue weighted by Gasteiger charge is 2.25. The molecule has 0 aliphatic carbocycles. The van der Waals surface area contributed by atoms with Crippen LogP contribution in [0.2, 0.25) is 0 Å². The Bertz CT molecular complexity index is 471.